The molecule has 0 aliphatic carbocycles. The van der Waals surface area contributed by atoms with Gasteiger partial charge in [-0.3, -0.25) is 0 Å². The fourth-order valence-corrected chi connectivity index (χ4v) is 2.08. The van der Waals surface area contributed by atoms with Crippen LogP contribution < -0.4 is 0 Å². The van der Waals surface area contributed by atoms with Crippen molar-refractivity contribution in [2.45, 2.75) is 6.92 Å². The van der Waals surface area contributed by atoms with E-state index >= 15 is 0 Å². The molecule has 80 valence electrons. The number of benzene rings is 2. The fraction of sp³-hybridized carbons (Fsp3) is 0.0667. The maximum absolute atomic E-state index is 3.49. The van der Waals surface area contributed by atoms with Crippen molar-refractivity contribution in [3.8, 4) is 11.1 Å². The van der Waals surface area contributed by atoms with Gasteiger partial charge in [0.1, 0.15) is 0 Å². The van der Waals surface area contributed by atoms with Gasteiger partial charge in [-0.15, -0.1) is 0 Å². The van der Waals surface area contributed by atoms with Crippen LogP contribution >= 0.6 is 15.9 Å². The molecule has 0 nitrogen and oxygen atoms in total. The minimum absolute atomic E-state index is 1.11. The van der Waals surface area contributed by atoms with Crippen LogP contribution in [-0.2, 0) is 0 Å². The first-order valence-corrected chi connectivity index (χ1v) is 6.07. The molecule has 0 heterocycles. The Kier molecular flexibility index (Phi) is 3.58. The lowest BCUT2D eigenvalue weighted by Crippen LogP contribution is -1.79. The van der Waals surface area contributed by atoms with Gasteiger partial charge in [-0.05, 0) is 41.8 Å². The van der Waals surface area contributed by atoms with E-state index in [9.17, 15) is 0 Å². The zero-order valence-corrected chi connectivity index (χ0v) is 10.7. The summed E-state index contributed by atoms with van der Waals surface area (Å²) >= 11 is 3.49. The Hall–Kier alpha value is -1.34. The molecule has 0 fully saturated rings. The second kappa shape index (κ2) is 5.13. The van der Waals surface area contributed by atoms with Gasteiger partial charge in [-0.25, -0.2) is 0 Å². The summed E-state index contributed by atoms with van der Waals surface area (Å²) in [5.41, 5.74) is 3.72. The fourth-order valence-electron chi connectivity index (χ4n) is 1.68. The molecule has 0 radical (unpaired) electrons. The number of hydrogen-bond donors (Lipinski definition) is 0. The van der Waals surface area contributed by atoms with E-state index in [1.807, 2.05) is 13.0 Å². The molecular formula is C15H13Br. The summed E-state index contributed by atoms with van der Waals surface area (Å²) in [4.78, 5) is 0. The monoisotopic (exact) mass is 272 g/mol. The molecular weight excluding hydrogens is 260 g/mol. The predicted molar refractivity (Wildman–Crippen MR) is 74.3 cm³/mol. The van der Waals surface area contributed by atoms with E-state index in [4.69, 9.17) is 0 Å². The molecule has 0 aromatic heterocycles. The van der Waals surface area contributed by atoms with Crippen molar-refractivity contribution < 1.29 is 0 Å². The highest BCUT2D eigenvalue weighted by molar-refractivity contribution is 9.10. The molecule has 0 saturated heterocycles. The second-order valence-electron chi connectivity index (χ2n) is 3.64. The molecule has 0 amide bonds. The van der Waals surface area contributed by atoms with Crippen molar-refractivity contribution in [3.63, 3.8) is 0 Å². The van der Waals surface area contributed by atoms with Gasteiger partial charge in [-0.2, -0.15) is 0 Å². The van der Waals surface area contributed by atoms with Crippen LogP contribution in [0.25, 0.3) is 17.2 Å². The van der Waals surface area contributed by atoms with E-state index in [1.54, 1.807) is 0 Å². The van der Waals surface area contributed by atoms with E-state index in [0.717, 1.165) is 4.47 Å². The average Bonchev–Trinajstić information content (AvgIpc) is 2.30. The smallest absolute Gasteiger partial charge is 0.0181 e. The zero-order chi connectivity index (χ0) is 11.4. The van der Waals surface area contributed by atoms with Gasteiger partial charge < -0.3 is 0 Å². The maximum Gasteiger partial charge on any atom is 0.0181 e. The molecule has 0 atom stereocenters. The molecule has 0 N–H and O–H groups in total. The van der Waals surface area contributed by atoms with Crippen LogP contribution in [0.2, 0.25) is 0 Å². The third-order valence-electron chi connectivity index (χ3n) is 2.40. The van der Waals surface area contributed by atoms with Gasteiger partial charge in [0.2, 0.25) is 0 Å². The molecule has 0 aliphatic heterocycles. The van der Waals surface area contributed by atoms with E-state index < -0.39 is 0 Å². The molecule has 0 spiro atoms. The largest absolute Gasteiger partial charge is 0.0871 e. The number of rotatable bonds is 2. The highest BCUT2D eigenvalue weighted by Gasteiger charge is 1.98. The Morgan fingerprint density at radius 3 is 2.31 bits per heavy atom. The third kappa shape index (κ3) is 2.61. The summed E-state index contributed by atoms with van der Waals surface area (Å²) in [5.74, 6) is 0. The minimum Gasteiger partial charge on any atom is -0.0871 e. The summed E-state index contributed by atoms with van der Waals surface area (Å²) in [7, 11) is 0. The summed E-state index contributed by atoms with van der Waals surface area (Å²) < 4.78 is 1.11. The normalized spacial score (nSPS) is 10.9. The molecule has 2 aromatic rings. The van der Waals surface area contributed by atoms with Crippen molar-refractivity contribution >= 4 is 22.0 Å². The number of hydrogen-bond acceptors (Lipinski definition) is 0. The van der Waals surface area contributed by atoms with Crippen LogP contribution in [0.15, 0.2) is 59.1 Å². The van der Waals surface area contributed by atoms with E-state index in [-0.39, 0.29) is 0 Å². The summed E-state index contributed by atoms with van der Waals surface area (Å²) in [6, 6.07) is 16.9. The van der Waals surface area contributed by atoms with Gasteiger partial charge in [-0.1, -0.05) is 58.4 Å². The van der Waals surface area contributed by atoms with Crippen LogP contribution in [0.3, 0.4) is 0 Å². The van der Waals surface area contributed by atoms with Crippen LogP contribution in [0, 0.1) is 0 Å². The Labute approximate surface area is 105 Å². The number of allylic oxidation sites excluding steroid dienone is 1. The van der Waals surface area contributed by atoms with Crippen LogP contribution in [0.4, 0.5) is 0 Å². The average molecular weight is 273 g/mol. The van der Waals surface area contributed by atoms with Crippen LogP contribution in [0.5, 0.6) is 0 Å². The van der Waals surface area contributed by atoms with Crippen LogP contribution in [0.1, 0.15) is 12.5 Å². The van der Waals surface area contributed by atoms with Gasteiger partial charge in [0.25, 0.3) is 0 Å². The lowest BCUT2D eigenvalue weighted by Gasteiger charge is -2.03. The number of halogens is 1. The highest BCUT2D eigenvalue weighted by atomic mass is 79.9. The van der Waals surface area contributed by atoms with Gasteiger partial charge in [0, 0.05) is 4.47 Å². The molecule has 16 heavy (non-hydrogen) atoms. The maximum atomic E-state index is 3.49. The molecule has 0 unspecified atom stereocenters. The molecule has 2 aromatic carbocycles. The van der Waals surface area contributed by atoms with E-state index in [2.05, 4.69) is 70.5 Å². The molecule has 2 rings (SSSR count). The Bertz CT molecular complexity index is 512. The quantitative estimate of drug-likeness (QED) is 0.709. The van der Waals surface area contributed by atoms with Gasteiger partial charge in [0.05, 0.1) is 0 Å². The molecule has 0 saturated carbocycles. The first-order chi connectivity index (χ1) is 7.79. The van der Waals surface area contributed by atoms with E-state index in [1.165, 1.54) is 16.7 Å². The standard InChI is InChI=1S/C15H13Br/c1-2-5-12-6-3-7-13(10-12)14-8-4-9-15(16)11-14/h2-11H,1H3/b5-2-. The van der Waals surface area contributed by atoms with Crippen LogP contribution in [-0.4, -0.2) is 0 Å². The van der Waals surface area contributed by atoms with Crippen molar-refractivity contribution in [2.24, 2.45) is 0 Å². The highest BCUT2D eigenvalue weighted by Crippen LogP contribution is 2.24. The SMILES string of the molecule is C/C=C\c1cccc(-c2cccc(Br)c2)c1. The van der Waals surface area contributed by atoms with Crippen molar-refractivity contribution in [3.05, 3.63) is 64.6 Å². The first-order valence-electron chi connectivity index (χ1n) is 5.28. The molecule has 0 aliphatic rings. The van der Waals surface area contributed by atoms with Gasteiger partial charge >= 0.3 is 0 Å². The van der Waals surface area contributed by atoms with E-state index in [0.29, 0.717) is 0 Å². The van der Waals surface area contributed by atoms with Crippen molar-refractivity contribution in [1.82, 2.24) is 0 Å². The second-order valence-corrected chi connectivity index (χ2v) is 4.55. The molecule has 0 bridgehead atoms. The Morgan fingerprint density at radius 2 is 1.62 bits per heavy atom. The van der Waals surface area contributed by atoms with Crippen molar-refractivity contribution in [1.29, 1.82) is 0 Å². The summed E-state index contributed by atoms with van der Waals surface area (Å²) in [6.07, 6.45) is 4.17. The minimum atomic E-state index is 1.11. The topological polar surface area (TPSA) is 0 Å². The summed E-state index contributed by atoms with van der Waals surface area (Å²) in [5, 5.41) is 0. The first kappa shape index (κ1) is 11.2. The van der Waals surface area contributed by atoms with Crippen molar-refractivity contribution in [2.75, 3.05) is 0 Å². The third-order valence-corrected chi connectivity index (χ3v) is 2.90. The lowest BCUT2D eigenvalue weighted by atomic mass is 10.0. The molecule has 1 heteroatoms. The van der Waals surface area contributed by atoms with Gasteiger partial charge in [0.15, 0.2) is 0 Å². The summed E-state index contributed by atoms with van der Waals surface area (Å²) in [6.45, 7) is 2.03. The Morgan fingerprint density at radius 1 is 0.938 bits per heavy atom. The lowest BCUT2D eigenvalue weighted by molar-refractivity contribution is 1.57. The predicted octanol–water partition coefficient (Wildman–Crippen LogP) is 5.15. The Balaban J connectivity index is 2.44. The zero-order valence-electron chi connectivity index (χ0n) is 9.15.